The third-order valence-electron chi connectivity index (χ3n) is 4.26. The number of hydrogen-bond acceptors (Lipinski definition) is 2. The molecule has 1 aromatic rings. The number of benzene rings is 1. The van der Waals surface area contributed by atoms with E-state index >= 15 is 0 Å². The van der Waals surface area contributed by atoms with Crippen LogP contribution in [0.25, 0.3) is 0 Å². The molecular formula is C16H21Cl2NO2. The van der Waals surface area contributed by atoms with Crippen LogP contribution in [0.3, 0.4) is 0 Å². The molecule has 0 heterocycles. The normalized spacial score (nSPS) is 22.0. The SMILES string of the molecule is O=C(Cc1c(Cl)cccc1Cl)NCC1CCCCC1CO. The van der Waals surface area contributed by atoms with E-state index in [1.165, 1.54) is 12.8 Å². The van der Waals surface area contributed by atoms with Gasteiger partial charge in [0.25, 0.3) is 0 Å². The first-order chi connectivity index (χ1) is 10.1. The van der Waals surface area contributed by atoms with Crippen LogP contribution in [-0.2, 0) is 11.2 Å². The van der Waals surface area contributed by atoms with E-state index in [1.807, 2.05) is 0 Å². The number of aliphatic hydroxyl groups excluding tert-OH is 1. The van der Waals surface area contributed by atoms with Crippen molar-refractivity contribution in [3.8, 4) is 0 Å². The van der Waals surface area contributed by atoms with Crippen molar-refractivity contribution in [2.24, 2.45) is 11.8 Å². The van der Waals surface area contributed by atoms with Gasteiger partial charge in [0.2, 0.25) is 5.91 Å². The predicted molar refractivity (Wildman–Crippen MR) is 85.7 cm³/mol. The van der Waals surface area contributed by atoms with Crippen LogP contribution in [-0.4, -0.2) is 24.2 Å². The first-order valence-corrected chi connectivity index (χ1v) is 8.18. The largest absolute Gasteiger partial charge is 0.396 e. The zero-order chi connectivity index (χ0) is 15.2. The second-order valence-corrected chi connectivity index (χ2v) is 6.48. The molecule has 1 aliphatic carbocycles. The van der Waals surface area contributed by atoms with Crippen LogP contribution >= 0.6 is 23.2 Å². The number of amides is 1. The van der Waals surface area contributed by atoms with Gasteiger partial charge in [-0.1, -0.05) is 42.1 Å². The quantitative estimate of drug-likeness (QED) is 0.869. The van der Waals surface area contributed by atoms with Gasteiger partial charge in [-0.2, -0.15) is 0 Å². The molecule has 0 spiro atoms. The summed E-state index contributed by atoms with van der Waals surface area (Å²) in [7, 11) is 0. The van der Waals surface area contributed by atoms with Crippen molar-refractivity contribution in [1.29, 1.82) is 0 Å². The zero-order valence-corrected chi connectivity index (χ0v) is 13.5. The molecule has 3 nitrogen and oxygen atoms in total. The van der Waals surface area contributed by atoms with Gasteiger partial charge >= 0.3 is 0 Å². The van der Waals surface area contributed by atoms with Crippen LogP contribution in [0.5, 0.6) is 0 Å². The Balaban J connectivity index is 1.87. The molecule has 2 rings (SSSR count). The lowest BCUT2D eigenvalue weighted by molar-refractivity contribution is -0.120. The molecule has 2 N–H and O–H groups in total. The van der Waals surface area contributed by atoms with Crippen molar-refractivity contribution in [3.05, 3.63) is 33.8 Å². The number of halogens is 2. The summed E-state index contributed by atoms with van der Waals surface area (Å²) < 4.78 is 0. The van der Waals surface area contributed by atoms with Gasteiger partial charge in [0.15, 0.2) is 0 Å². The molecule has 1 fully saturated rings. The van der Waals surface area contributed by atoms with Crippen LogP contribution in [0, 0.1) is 11.8 Å². The number of hydrogen-bond donors (Lipinski definition) is 2. The van der Waals surface area contributed by atoms with Gasteiger partial charge in [0.1, 0.15) is 0 Å². The summed E-state index contributed by atoms with van der Waals surface area (Å²) >= 11 is 12.1. The van der Waals surface area contributed by atoms with Crippen molar-refractivity contribution in [1.82, 2.24) is 5.32 Å². The molecule has 1 aliphatic rings. The van der Waals surface area contributed by atoms with Gasteiger partial charge in [0, 0.05) is 23.2 Å². The first-order valence-electron chi connectivity index (χ1n) is 7.42. The Morgan fingerprint density at radius 1 is 1.19 bits per heavy atom. The zero-order valence-electron chi connectivity index (χ0n) is 11.9. The van der Waals surface area contributed by atoms with Crippen LogP contribution in [0.4, 0.5) is 0 Å². The van der Waals surface area contributed by atoms with Crippen molar-refractivity contribution < 1.29 is 9.90 Å². The van der Waals surface area contributed by atoms with E-state index in [0.29, 0.717) is 34.0 Å². The lowest BCUT2D eigenvalue weighted by Gasteiger charge is -2.30. The summed E-state index contributed by atoms with van der Waals surface area (Å²) in [6.45, 7) is 0.822. The number of nitrogens with one attached hydrogen (secondary N) is 1. The Morgan fingerprint density at radius 2 is 1.81 bits per heavy atom. The van der Waals surface area contributed by atoms with E-state index in [1.54, 1.807) is 18.2 Å². The molecular weight excluding hydrogens is 309 g/mol. The summed E-state index contributed by atoms with van der Waals surface area (Å²) in [6.07, 6.45) is 4.65. The monoisotopic (exact) mass is 329 g/mol. The van der Waals surface area contributed by atoms with Crippen LogP contribution in [0.15, 0.2) is 18.2 Å². The third-order valence-corrected chi connectivity index (χ3v) is 4.97. The third kappa shape index (κ3) is 4.60. The van der Waals surface area contributed by atoms with E-state index in [2.05, 4.69) is 5.32 Å². The van der Waals surface area contributed by atoms with Crippen molar-refractivity contribution >= 4 is 29.1 Å². The Morgan fingerprint density at radius 3 is 2.43 bits per heavy atom. The molecule has 1 amide bonds. The van der Waals surface area contributed by atoms with Crippen LogP contribution < -0.4 is 5.32 Å². The number of carbonyl (C=O) groups excluding carboxylic acids is 1. The maximum atomic E-state index is 12.1. The Labute approximate surface area is 135 Å². The molecule has 1 saturated carbocycles. The number of aliphatic hydroxyl groups is 1. The highest BCUT2D eigenvalue weighted by Crippen LogP contribution is 2.29. The van der Waals surface area contributed by atoms with Gasteiger partial charge < -0.3 is 10.4 Å². The molecule has 2 unspecified atom stereocenters. The standard InChI is InChI=1S/C16H21Cl2NO2/c17-14-6-3-7-15(18)13(14)8-16(21)19-9-11-4-1-2-5-12(11)10-20/h3,6-7,11-12,20H,1-2,4-5,8-10H2,(H,19,21). The molecule has 0 saturated heterocycles. The van der Waals surface area contributed by atoms with Gasteiger partial charge in [-0.05, 0) is 42.4 Å². The van der Waals surface area contributed by atoms with E-state index in [0.717, 1.165) is 12.8 Å². The summed E-state index contributed by atoms with van der Waals surface area (Å²) in [5.74, 6) is 0.602. The highest BCUT2D eigenvalue weighted by atomic mass is 35.5. The molecule has 5 heteroatoms. The molecule has 0 aromatic heterocycles. The fraction of sp³-hybridized carbons (Fsp3) is 0.562. The number of carbonyl (C=O) groups is 1. The first kappa shape index (κ1) is 16.6. The molecule has 0 aliphatic heterocycles. The van der Waals surface area contributed by atoms with Gasteiger partial charge in [0.05, 0.1) is 6.42 Å². The Hall–Kier alpha value is -0.770. The lowest BCUT2D eigenvalue weighted by Crippen LogP contribution is -2.36. The van der Waals surface area contributed by atoms with Gasteiger partial charge in [-0.15, -0.1) is 0 Å². The van der Waals surface area contributed by atoms with Crippen LogP contribution in [0.2, 0.25) is 10.0 Å². The van der Waals surface area contributed by atoms with E-state index < -0.39 is 0 Å². The molecule has 2 atom stereocenters. The topological polar surface area (TPSA) is 49.3 Å². The minimum atomic E-state index is -0.0766. The van der Waals surface area contributed by atoms with Crippen LogP contribution in [0.1, 0.15) is 31.2 Å². The van der Waals surface area contributed by atoms with E-state index in [-0.39, 0.29) is 18.9 Å². The molecule has 0 bridgehead atoms. The number of rotatable bonds is 5. The minimum Gasteiger partial charge on any atom is -0.396 e. The van der Waals surface area contributed by atoms with Gasteiger partial charge in [-0.25, -0.2) is 0 Å². The maximum Gasteiger partial charge on any atom is 0.224 e. The maximum absolute atomic E-state index is 12.1. The summed E-state index contributed by atoms with van der Waals surface area (Å²) in [5.41, 5.74) is 0.667. The fourth-order valence-electron chi connectivity index (χ4n) is 2.96. The Kier molecular flexibility index (Phi) is 6.34. The summed E-state index contributed by atoms with van der Waals surface area (Å²) in [6, 6.07) is 5.23. The summed E-state index contributed by atoms with van der Waals surface area (Å²) in [5, 5.41) is 13.4. The van der Waals surface area contributed by atoms with Gasteiger partial charge in [-0.3, -0.25) is 4.79 Å². The van der Waals surface area contributed by atoms with Crippen molar-refractivity contribution in [3.63, 3.8) is 0 Å². The average Bonchev–Trinajstić information content (AvgIpc) is 2.49. The van der Waals surface area contributed by atoms with E-state index in [4.69, 9.17) is 23.2 Å². The van der Waals surface area contributed by atoms with E-state index in [9.17, 15) is 9.90 Å². The van der Waals surface area contributed by atoms with Crippen molar-refractivity contribution in [2.75, 3.05) is 13.2 Å². The average molecular weight is 330 g/mol. The minimum absolute atomic E-state index is 0.0766. The second kappa shape index (κ2) is 8.02. The van der Waals surface area contributed by atoms with Crippen molar-refractivity contribution in [2.45, 2.75) is 32.1 Å². The summed E-state index contributed by atoms with van der Waals surface area (Å²) in [4.78, 5) is 12.1. The predicted octanol–water partition coefficient (Wildman–Crippen LogP) is 3.45. The molecule has 1 aromatic carbocycles. The highest BCUT2D eigenvalue weighted by Gasteiger charge is 2.24. The second-order valence-electron chi connectivity index (χ2n) is 5.67. The molecule has 116 valence electrons. The molecule has 0 radical (unpaired) electrons. The smallest absolute Gasteiger partial charge is 0.224 e. The molecule has 21 heavy (non-hydrogen) atoms. The lowest BCUT2D eigenvalue weighted by atomic mass is 9.79. The Bertz CT molecular complexity index is 473. The fourth-order valence-corrected chi connectivity index (χ4v) is 3.49. The highest BCUT2D eigenvalue weighted by molar-refractivity contribution is 6.36.